The summed E-state index contributed by atoms with van der Waals surface area (Å²) in [6.07, 6.45) is -0.171. The lowest BCUT2D eigenvalue weighted by atomic mass is 9.88. The lowest BCUT2D eigenvalue weighted by Crippen LogP contribution is -2.49. The highest BCUT2D eigenvalue weighted by Crippen LogP contribution is 2.31. The third-order valence-corrected chi connectivity index (χ3v) is 7.52. The van der Waals surface area contributed by atoms with Crippen molar-refractivity contribution in [3.05, 3.63) is 102 Å². The van der Waals surface area contributed by atoms with Crippen LogP contribution in [0.4, 0.5) is 15.3 Å². The van der Waals surface area contributed by atoms with Crippen LogP contribution < -0.4 is 14.8 Å². The van der Waals surface area contributed by atoms with Gasteiger partial charge in [0.15, 0.2) is 11.5 Å². The van der Waals surface area contributed by atoms with E-state index in [0.717, 1.165) is 12.0 Å². The first kappa shape index (κ1) is 30.5. The Morgan fingerprint density at radius 3 is 2.05 bits per heavy atom. The first-order valence-corrected chi connectivity index (χ1v) is 14.1. The summed E-state index contributed by atoms with van der Waals surface area (Å²) in [6.45, 7) is 7.94. The number of rotatable bonds is 12. The fourth-order valence-corrected chi connectivity index (χ4v) is 5.28. The summed E-state index contributed by atoms with van der Waals surface area (Å²) in [5.41, 5.74) is 3.87. The molecule has 0 unspecified atom stereocenters. The highest BCUT2D eigenvalue weighted by Gasteiger charge is 2.23. The van der Waals surface area contributed by atoms with E-state index in [1.54, 1.807) is 37.3 Å². The van der Waals surface area contributed by atoms with Crippen molar-refractivity contribution in [1.29, 1.82) is 0 Å². The topological polar surface area (TPSA) is 94.6 Å². The minimum absolute atomic E-state index is 0.112. The SMILES string of the molecule is C=C(CN1CCN(C(=O)O)CC1)CN(CCC(c1ccccc1)c1ccccc1)C(=O)Nc1ccc(OC)c(OC)c1. The smallest absolute Gasteiger partial charge is 0.407 e. The molecular weight excluding hydrogens is 532 g/mol. The van der Waals surface area contributed by atoms with Crippen LogP contribution in [0.15, 0.2) is 91.0 Å². The Balaban J connectivity index is 1.50. The summed E-state index contributed by atoms with van der Waals surface area (Å²) >= 11 is 0. The number of benzene rings is 3. The minimum Gasteiger partial charge on any atom is -0.493 e. The Hall–Kier alpha value is -4.50. The van der Waals surface area contributed by atoms with Crippen LogP contribution >= 0.6 is 0 Å². The summed E-state index contributed by atoms with van der Waals surface area (Å²) in [5.74, 6) is 1.22. The number of methoxy groups -OCH3 is 2. The van der Waals surface area contributed by atoms with Crippen LogP contribution in [0.25, 0.3) is 0 Å². The summed E-state index contributed by atoms with van der Waals surface area (Å²) < 4.78 is 10.8. The maximum Gasteiger partial charge on any atom is 0.407 e. The number of ether oxygens (including phenoxy) is 2. The standard InChI is InChI=1S/C33H40N4O5/c1-25(23-35-18-20-36(21-19-35)33(39)40)24-37(32(38)34-28-14-15-30(41-2)31(22-28)42-3)17-16-29(26-10-6-4-7-11-26)27-12-8-5-9-13-27/h4-15,22,29H,1,16-21,23-24H2,2-3H3,(H,34,38)(H,39,40). The molecule has 42 heavy (non-hydrogen) atoms. The van der Waals surface area contributed by atoms with E-state index < -0.39 is 6.09 Å². The van der Waals surface area contributed by atoms with Gasteiger partial charge in [0, 0.05) is 63.5 Å². The van der Waals surface area contributed by atoms with E-state index in [0.29, 0.717) is 63.0 Å². The number of carbonyl (C=O) groups is 2. The number of nitrogens with zero attached hydrogens (tertiary/aromatic N) is 3. The van der Waals surface area contributed by atoms with Gasteiger partial charge in [-0.2, -0.15) is 0 Å². The average Bonchev–Trinajstić information content (AvgIpc) is 3.01. The zero-order valence-electron chi connectivity index (χ0n) is 24.4. The zero-order valence-corrected chi connectivity index (χ0v) is 24.4. The van der Waals surface area contributed by atoms with E-state index >= 15 is 0 Å². The van der Waals surface area contributed by atoms with E-state index in [1.807, 2.05) is 36.4 Å². The second-order valence-electron chi connectivity index (χ2n) is 10.4. The second-order valence-corrected chi connectivity index (χ2v) is 10.4. The molecule has 4 rings (SSSR count). The van der Waals surface area contributed by atoms with Crippen LogP contribution in [0, 0.1) is 0 Å². The zero-order chi connectivity index (χ0) is 29.9. The molecule has 0 bridgehead atoms. The maximum atomic E-state index is 13.7. The molecule has 2 N–H and O–H groups in total. The second kappa shape index (κ2) is 14.9. The number of amides is 3. The number of carboxylic acid groups (broad SMARTS) is 1. The van der Waals surface area contributed by atoms with Gasteiger partial charge in [-0.1, -0.05) is 67.2 Å². The lowest BCUT2D eigenvalue weighted by Gasteiger charge is -2.34. The van der Waals surface area contributed by atoms with Gasteiger partial charge in [-0.15, -0.1) is 0 Å². The van der Waals surface area contributed by atoms with Crippen molar-refractivity contribution in [2.75, 3.05) is 65.3 Å². The normalized spacial score (nSPS) is 13.5. The van der Waals surface area contributed by atoms with E-state index in [9.17, 15) is 14.7 Å². The van der Waals surface area contributed by atoms with Gasteiger partial charge in [-0.3, -0.25) is 4.90 Å². The number of hydrogen-bond acceptors (Lipinski definition) is 5. The van der Waals surface area contributed by atoms with Crippen LogP contribution in [0.1, 0.15) is 23.5 Å². The predicted molar refractivity (Wildman–Crippen MR) is 165 cm³/mol. The van der Waals surface area contributed by atoms with Crippen LogP contribution in [0.3, 0.4) is 0 Å². The Morgan fingerprint density at radius 1 is 0.905 bits per heavy atom. The largest absolute Gasteiger partial charge is 0.493 e. The van der Waals surface area contributed by atoms with E-state index in [-0.39, 0.29) is 11.9 Å². The highest BCUT2D eigenvalue weighted by atomic mass is 16.5. The van der Waals surface area contributed by atoms with E-state index in [2.05, 4.69) is 41.1 Å². The molecule has 1 aliphatic heterocycles. The van der Waals surface area contributed by atoms with E-state index in [4.69, 9.17) is 9.47 Å². The van der Waals surface area contributed by atoms with Gasteiger partial charge in [-0.05, 0) is 35.3 Å². The van der Waals surface area contributed by atoms with Crippen LogP contribution in [-0.2, 0) is 0 Å². The van der Waals surface area contributed by atoms with Crippen molar-refractivity contribution >= 4 is 17.8 Å². The first-order valence-electron chi connectivity index (χ1n) is 14.1. The predicted octanol–water partition coefficient (Wildman–Crippen LogP) is 5.61. The quantitative estimate of drug-likeness (QED) is 0.274. The summed E-state index contributed by atoms with van der Waals surface area (Å²) in [5, 5.41) is 12.3. The van der Waals surface area contributed by atoms with Gasteiger partial charge < -0.3 is 29.7 Å². The molecule has 3 aromatic carbocycles. The Morgan fingerprint density at radius 2 is 1.50 bits per heavy atom. The molecule has 0 aliphatic carbocycles. The summed E-state index contributed by atoms with van der Waals surface area (Å²) in [4.78, 5) is 30.4. The molecule has 0 radical (unpaired) electrons. The molecule has 3 amide bonds. The molecule has 3 aromatic rings. The van der Waals surface area contributed by atoms with Gasteiger partial charge in [-0.25, -0.2) is 9.59 Å². The van der Waals surface area contributed by atoms with Gasteiger partial charge >= 0.3 is 12.1 Å². The van der Waals surface area contributed by atoms with Crippen molar-refractivity contribution in [3.8, 4) is 11.5 Å². The molecule has 1 heterocycles. The van der Waals surface area contributed by atoms with Gasteiger partial charge in [0.25, 0.3) is 0 Å². The van der Waals surface area contributed by atoms with Gasteiger partial charge in [0.05, 0.1) is 14.2 Å². The Labute approximate surface area is 247 Å². The third kappa shape index (κ3) is 8.27. The first-order chi connectivity index (χ1) is 20.4. The van der Waals surface area contributed by atoms with Crippen molar-refractivity contribution in [2.24, 2.45) is 0 Å². The number of urea groups is 1. The minimum atomic E-state index is -0.891. The molecule has 9 heteroatoms. The summed E-state index contributed by atoms with van der Waals surface area (Å²) in [7, 11) is 3.13. The summed E-state index contributed by atoms with van der Waals surface area (Å²) in [6, 6.07) is 25.7. The molecule has 222 valence electrons. The molecule has 0 atom stereocenters. The van der Waals surface area contributed by atoms with Gasteiger partial charge in [0.2, 0.25) is 0 Å². The molecular formula is C33H40N4O5. The molecule has 1 aliphatic rings. The van der Waals surface area contributed by atoms with Crippen molar-refractivity contribution in [1.82, 2.24) is 14.7 Å². The van der Waals surface area contributed by atoms with Crippen molar-refractivity contribution in [3.63, 3.8) is 0 Å². The molecule has 9 nitrogen and oxygen atoms in total. The van der Waals surface area contributed by atoms with Crippen LogP contribution in [-0.4, -0.2) is 92.0 Å². The van der Waals surface area contributed by atoms with Crippen LogP contribution in [0.2, 0.25) is 0 Å². The van der Waals surface area contributed by atoms with Crippen molar-refractivity contribution in [2.45, 2.75) is 12.3 Å². The number of piperazine rings is 1. The van der Waals surface area contributed by atoms with Gasteiger partial charge in [0.1, 0.15) is 0 Å². The molecule has 0 aromatic heterocycles. The monoisotopic (exact) mass is 572 g/mol. The fourth-order valence-electron chi connectivity index (χ4n) is 5.28. The molecule has 0 spiro atoms. The number of anilines is 1. The fraction of sp³-hybridized carbons (Fsp3) is 0.333. The van der Waals surface area contributed by atoms with Crippen LogP contribution in [0.5, 0.6) is 11.5 Å². The molecule has 0 saturated carbocycles. The average molecular weight is 573 g/mol. The maximum absolute atomic E-state index is 13.7. The van der Waals surface area contributed by atoms with E-state index in [1.165, 1.54) is 16.0 Å². The molecule has 1 saturated heterocycles. The molecule has 1 fully saturated rings. The Bertz CT molecular complexity index is 1290. The third-order valence-electron chi connectivity index (χ3n) is 7.52. The number of carbonyl (C=O) groups excluding carboxylic acids is 1. The Kier molecular flexibility index (Phi) is 10.8. The lowest BCUT2D eigenvalue weighted by molar-refractivity contribution is 0.108. The number of nitrogens with one attached hydrogen (secondary N) is 1. The van der Waals surface area contributed by atoms with Crippen molar-refractivity contribution < 1.29 is 24.2 Å². The highest BCUT2D eigenvalue weighted by molar-refractivity contribution is 5.90. The number of hydrogen-bond donors (Lipinski definition) is 2.